The Labute approximate surface area is 117 Å². The van der Waals surface area contributed by atoms with Crippen molar-refractivity contribution in [1.82, 2.24) is 0 Å². The first-order chi connectivity index (χ1) is 9.52. The number of hydrogen-bond donors (Lipinski definition) is 2. The molecule has 0 amide bonds. The van der Waals surface area contributed by atoms with Crippen molar-refractivity contribution in [2.24, 2.45) is 11.7 Å². The van der Waals surface area contributed by atoms with E-state index in [-0.39, 0.29) is 17.6 Å². The van der Waals surface area contributed by atoms with Crippen LogP contribution in [0.5, 0.6) is 11.5 Å². The van der Waals surface area contributed by atoms with Gasteiger partial charge in [-0.2, -0.15) is 0 Å². The first kappa shape index (κ1) is 14.4. The fourth-order valence-corrected chi connectivity index (χ4v) is 2.04. The zero-order chi connectivity index (χ0) is 14.7. The lowest BCUT2D eigenvalue weighted by molar-refractivity contribution is -0.384. The monoisotopic (exact) mass is 281 g/mol. The standard InChI is InChI=1S/C13H19N3O4/c1-8(2)10(7-14)15-9-5-12-13(20-4-3-19-12)6-11(9)16(17)18/h5-6,8,10,15H,3-4,7,14H2,1-2H3. The number of nitrogens with two attached hydrogens (primary N) is 1. The smallest absolute Gasteiger partial charge is 0.296 e. The number of ether oxygens (including phenoxy) is 2. The van der Waals surface area contributed by atoms with E-state index >= 15 is 0 Å². The molecule has 20 heavy (non-hydrogen) atoms. The summed E-state index contributed by atoms with van der Waals surface area (Å²) in [6.45, 7) is 5.25. The van der Waals surface area contributed by atoms with E-state index in [0.717, 1.165) is 0 Å². The second-order valence-corrected chi connectivity index (χ2v) is 5.00. The van der Waals surface area contributed by atoms with Crippen molar-refractivity contribution in [2.75, 3.05) is 25.1 Å². The average Bonchev–Trinajstić information content (AvgIpc) is 2.43. The van der Waals surface area contributed by atoms with Gasteiger partial charge < -0.3 is 20.5 Å². The molecule has 0 fully saturated rings. The molecule has 1 unspecified atom stereocenters. The van der Waals surface area contributed by atoms with Crippen molar-refractivity contribution >= 4 is 11.4 Å². The summed E-state index contributed by atoms with van der Waals surface area (Å²) in [4.78, 5) is 10.7. The van der Waals surface area contributed by atoms with Gasteiger partial charge in [0.1, 0.15) is 18.9 Å². The van der Waals surface area contributed by atoms with Gasteiger partial charge in [0.25, 0.3) is 5.69 Å². The number of hydrogen-bond acceptors (Lipinski definition) is 6. The van der Waals surface area contributed by atoms with Gasteiger partial charge in [0.2, 0.25) is 0 Å². The Balaban J connectivity index is 2.37. The maximum absolute atomic E-state index is 11.2. The van der Waals surface area contributed by atoms with Crippen LogP contribution in [-0.2, 0) is 0 Å². The van der Waals surface area contributed by atoms with E-state index < -0.39 is 4.92 Å². The molecule has 0 aliphatic carbocycles. The van der Waals surface area contributed by atoms with Crippen LogP contribution in [0, 0.1) is 16.0 Å². The molecule has 1 aliphatic rings. The molecule has 1 aliphatic heterocycles. The van der Waals surface area contributed by atoms with Crippen molar-refractivity contribution in [2.45, 2.75) is 19.9 Å². The highest BCUT2D eigenvalue weighted by molar-refractivity contribution is 5.69. The van der Waals surface area contributed by atoms with Gasteiger partial charge in [0.05, 0.1) is 11.0 Å². The molecule has 7 heteroatoms. The summed E-state index contributed by atoms with van der Waals surface area (Å²) in [5.74, 6) is 1.18. The lowest BCUT2D eigenvalue weighted by Gasteiger charge is -2.24. The molecule has 1 atom stereocenters. The number of benzene rings is 1. The van der Waals surface area contributed by atoms with Gasteiger partial charge in [0, 0.05) is 18.7 Å². The predicted molar refractivity (Wildman–Crippen MR) is 75.4 cm³/mol. The zero-order valence-electron chi connectivity index (χ0n) is 11.6. The molecule has 0 aromatic heterocycles. The molecule has 0 saturated carbocycles. The topological polar surface area (TPSA) is 99.7 Å². The highest BCUT2D eigenvalue weighted by Crippen LogP contribution is 2.39. The van der Waals surface area contributed by atoms with Crippen molar-refractivity contribution in [3.05, 3.63) is 22.2 Å². The SMILES string of the molecule is CC(C)C(CN)Nc1cc2c(cc1[N+](=O)[O-])OCCO2. The van der Waals surface area contributed by atoms with Gasteiger partial charge in [0.15, 0.2) is 11.5 Å². The quantitative estimate of drug-likeness (QED) is 0.630. The van der Waals surface area contributed by atoms with E-state index in [0.29, 0.717) is 36.9 Å². The maximum atomic E-state index is 11.2. The Morgan fingerprint density at radius 2 is 1.95 bits per heavy atom. The minimum Gasteiger partial charge on any atom is -0.486 e. The Morgan fingerprint density at radius 3 is 2.45 bits per heavy atom. The van der Waals surface area contributed by atoms with E-state index in [1.54, 1.807) is 6.07 Å². The third-order valence-corrected chi connectivity index (χ3v) is 3.26. The molecular weight excluding hydrogens is 262 g/mol. The molecule has 1 aromatic rings. The molecule has 1 heterocycles. The average molecular weight is 281 g/mol. The Bertz CT molecular complexity index is 505. The molecule has 2 rings (SSSR count). The summed E-state index contributed by atoms with van der Waals surface area (Å²) in [6, 6.07) is 2.96. The number of rotatable bonds is 5. The highest BCUT2D eigenvalue weighted by Gasteiger charge is 2.24. The van der Waals surface area contributed by atoms with Gasteiger partial charge in [-0.25, -0.2) is 0 Å². The van der Waals surface area contributed by atoms with Gasteiger partial charge in [-0.15, -0.1) is 0 Å². The molecule has 0 radical (unpaired) electrons. The third kappa shape index (κ3) is 2.93. The minimum absolute atomic E-state index is 0.0339. The Kier molecular flexibility index (Phi) is 4.29. The van der Waals surface area contributed by atoms with Crippen LogP contribution in [0.1, 0.15) is 13.8 Å². The summed E-state index contributed by atoms with van der Waals surface area (Å²) < 4.78 is 10.8. The second-order valence-electron chi connectivity index (χ2n) is 5.00. The lowest BCUT2D eigenvalue weighted by Crippen LogP contribution is -2.34. The number of fused-ring (bicyclic) bond motifs is 1. The number of nitrogens with zero attached hydrogens (tertiary/aromatic N) is 1. The van der Waals surface area contributed by atoms with Gasteiger partial charge >= 0.3 is 0 Å². The summed E-state index contributed by atoms with van der Waals surface area (Å²) in [6.07, 6.45) is 0. The van der Waals surface area contributed by atoms with Gasteiger partial charge in [-0.1, -0.05) is 13.8 Å². The van der Waals surface area contributed by atoms with Crippen molar-refractivity contribution < 1.29 is 14.4 Å². The van der Waals surface area contributed by atoms with E-state index in [4.69, 9.17) is 15.2 Å². The summed E-state index contributed by atoms with van der Waals surface area (Å²) in [5.41, 5.74) is 6.07. The highest BCUT2D eigenvalue weighted by atomic mass is 16.6. The van der Waals surface area contributed by atoms with Crippen LogP contribution in [0.4, 0.5) is 11.4 Å². The Hall–Kier alpha value is -2.02. The lowest BCUT2D eigenvalue weighted by atomic mass is 10.0. The van der Waals surface area contributed by atoms with Crippen LogP contribution in [-0.4, -0.2) is 30.7 Å². The van der Waals surface area contributed by atoms with Crippen LogP contribution in [0.25, 0.3) is 0 Å². The normalized spacial score (nSPS) is 15.0. The largest absolute Gasteiger partial charge is 0.486 e. The number of nitro benzene ring substituents is 1. The van der Waals surface area contributed by atoms with E-state index in [1.165, 1.54) is 6.07 Å². The number of anilines is 1. The van der Waals surface area contributed by atoms with Crippen LogP contribution < -0.4 is 20.5 Å². The number of nitro groups is 1. The third-order valence-electron chi connectivity index (χ3n) is 3.26. The van der Waals surface area contributed by atoms with E-state index in [9.17, 15) is 10.1 Å². The summed E-state index contributed by atoms with van der Waals surface area (Å²) >= 11 is 0. The molecule has 0 saturated heterocycles. The molecule has 3 N–H and O–H groups in total. The first-order valence-corrected chi connectivity index (χ1v) is 6.57. The first-order valence-electron chi connectivity index (χ1n) is 6.57. The summed E-state index contributed by atoms with van der Waals surface area (Å²) in [5, 5.41) is 14.3. The van der Waals surface area contributed by atoms with Crippen LogP contribution in [0.2, 0.25) is 0 Å². The van der Waals surface area contributed by atoms with Gasteiger partial charge in [-0.05, 0) is 5.92 Å². The maximum Gasteiger partial charge on any atom is 0.296 e. The van der Waals surface area contributed by atoms with E-state index in [1.807, 2.05) is 13.8 Å². The van der Waals surface area contributed by atoms with Gasteiger partial charge in [-0.3, -0.25) is 10.1 Å². The van der Waals surface area contributed by atoms with E-state index in [2.05, 4.69) is 5.32 Å². The Morgan fingerprint density at radius 1 is 1.35 bits per heavy atom. The van der Waals surface area contributed by atoms with Crippen LogP contribution in [0.3, 0.4) is 0 Å². The van der Waals surface area contributed by atoms with Crippen molar-refractivity contribution in [3.63, 3.8) is 0 Å². The second kappa shape index (κ2) is 5.96. The summed E-state index contributed by atoms with van der Waals surface area (Å²) in [7, 11) is 0. The zero-order valence-corrected chi connectivity index (χ0v) is 11.6. The van der Waals surface area contributed by atoms with Crippen molar-refractivity contribution in [3.8, 4) is 11.5 Å². The molecule has 0 bridgehead atoms. The molecule has 0 spiro atoms. The molecule has 110 valence electrons. The fourth-order valence-electron chi connectivity index (χ4n) is 2.04. The molecule has 7 nitrogen and oxygen atoms in total. The van der Waals surface area contributed by atoms with Crippen LogP contribution >= 0.6 is 0 Å². The van der Waals surface area contributed by atoms with Crippen LogP contribution in [0.15, 0.2) is 12.1 Å². The van der Waals surface area contributed by atoms with Crippen molar-refractivity contribution in [1.29, 1.82) is 0 Å². The fraction of sp³-hybridized carbons (Fsp3) is 0.538. The molecular formula is C13H19N3O4. The predicted octanol–water partition coefficient (Wildman–Crippen LogP) is 1.76. The molecule has 1 aromatic carbocycles. The minimum atomic E-state index is -0.436. The number of nitrogens with one attached hydrogen (secondary N) is 1.